The Morgan fingerprint density at radius 1 is 1.47 bits per heavy atom. The van der Waals surface area contributed by atoms with Gasteiger partial charge in [0.2, 0.25) is 11.7 Å². The molecule has 106 valence electrons. The Morgan fingerprint density at radius 2 is 2.16 bits per heavy atom. The van der Waals surface area contributed by atoms with Crippen LogP contribution in [0.2, 0.25) is 0 Å². The van der Waals surface area contributed by atoms with E-state index in [0.29, 0.717) is 18.3 Å². The molecule has 5 nitrogen and oxygen atoms in total. The lowest BCUT2D eigenvalue weighted by Gasteiger charge is -2.27. The Kier molecular flexibility index (Phi) is 4.04. The lowest BCUT2D eigenvalue weighted by atomic mass is 9.88. The predicted octanol–water partition coefficient (Wildman–Crippen LogP) is 2.71. The zero-order valence-electron chi connectivity index (χ0n) is 12.1. The molecule has 0 spiro atoms. The number of ketones is 1. The maximum Gasteiger partial charge on any atom is 0.234 e. The average Bonchev–Trinajstić information content (AvgIpc) is 3.07. The van der Waals surface area contributed by atoms with Crippen molar-refractivity contribution in [3.63, 3.8) is 0 Å². The number of nitrogens with zero attached hydrogens (tertiary/aromatic N) is 2. The van der Waals surface area contributed by atoms with Crippen LogP contribution >= 0.6 is 0 Å². The number of carbonyl (C=O) groups excluding carboxylic acids is 1. The van der Waals surface area contributed by atoms with Crippen molar-refractivity contribution in [1.29, 1.82) is 0 Å². The molecular formula is C14H22N2O3. The molecule has 2 rings (SSSR count). The van der Waals surface area contributed by atoms with Crippen molar-refractivity contribution in [2.45, 2.75) is 53.1 Å². The van der Waals surface area contributed by atoms with Gasteiger partial charge in [-0.2, -0.15) is 4.98 Å². The minimum atomic E-state index is -0.217. The Balaban J connectivity index is 2.07. The lowest BCUT2D eigenvalue weighted by Crippen LogP contribution is -2.22. The summed E-state index contributed by atoms with van der Waals surface area (Å²) in [5.41, 5.74) is -0.113. The zero-order chi connectivity index (χ0) is 14.0. The quantitative estimate of drug-likeness (QED) is 0.792. The number of carbonyl (C=O) groups is 1. The molecule has 1 unspecified atom stereocenters. The van der Waals surface area contributed by atoms with Gasteiger partial charge in [0.1, 0.15) is 11.9 Å². The highest BCUT2D eigenvalue weighted by Gasteiger charge is 2.33. The molecule has 1 atom stereocenters. The van der Waals surface area contributed by atoms with Crippen LogP contribution in [-0.4, -0.2) is 22.5 Å². The van der Waals surface area contributed by atoms with E-state index >= 15 is 0 Å². The molecule has 0 N–H and O–H groups in total. The number of hydrogen-bond donors (Lipinski definition) is 0. The lowest BCUT2D eigenvalue weighted by molar-refractivity contribution is -0.119. The summed E-state index contributed by atoms with van der Waals surface area (Å²) in [6, 6.07) is 0. The fourth-order valence-corrected chi connectivity index (χ4v) is 2.02. The highest BCUT2D eigenvalue weighted by atomic mass is 16.5. The minimum Gasteiger partial charge on any atom is -0.370 e. The third-order valence-corrected chi connectivity index (χ3v) is 3.20. The van der Waals surface area contributed by atoms with Crippen LogP contribution in [0.25, 0.3) is 0 Å². The van der Waals surface area contributed by atoms with Crippen LogP contribution in [0, 0.1) is 11.3 Å². The van der Waals surface area contributed by atoms with Gasteiger partial charge >= 0.3 is 0 Å². The number of rotatable bonds is 6. The Bertz CT molecular complexity index is 444. The monoisotopic (exact) mass is 266 g/mol. The fourth-order valence-electron chi connectivity index (χ4n) is 2.02. The van der Waals surface area contributed by atoms with E-state index in [9.17, 15) is 4.79 Å². The number of ether oxygens (including phenoxy) is 1. The van der Waals surface area contributed by atoms with Gasteiger partial charge in [-0.15, -0.1) is 0 Å². The second kappa shape index (κ2) is 5.41. The van der Waals surface area contributed by atoms with Gasteiger partial charge in [0.15, 0.2) is 0 Å². The van der Waals surface area contributed by atoms with Crippen LogP contribution in [0.4, 0.5) is 0 Å². The van der Waals surface area contributed by atoms with Crippen molar-refractivity contribution in [2.75, 3.05) is 6.61 Å². The summed E-state index contributed by atoms with van der Waals surface area (Å²) in [4.78, 5) is 16.0. The van der Waals surface area contributed by atoms with Crippen molar-refractivity contribution in [3.05, 3.63) is 11.7 Å². The summed E-state index contributed by atoms with van der Waals surface area (Å²) in [5.74, 6) is 1.37. The predicted molar refractivity (Wildman–Crippen MR) is 69.6 cm³/mol. The van der Waals surface area contributed by atoms with E-state index in [1.807, 2.05) is 6.92 Å². The van der Waals surface area contributed by atoms with Gasteiger partial charge in [-0.25, -0.2) is 0 Å². The topological polar surface area (TPSA) is 65.2 Å². The van der Waals surface area contributed by atoms with E-state index in [0.717, 1.165) is 12.8 Å². The van der Waals surface area contributed by atoms with Crippen LogP contribution in [0.3, 0.4) is 0 Å². The SMILES string of the molecule is CCOC(c1noc(CC(=O)C2CC2)n1)C(C)(C)C. The molecule has 1 fully saturated rings. The van der Waals surface area contributed by atoms with Crippen LogP contribution in [0.1, 0.15) is 58.4 Å². The number of Topliss-reactive ketones (excluding diaryl/α,β-unsaturated/α-hetero) is 1. The first-order chi connectivity index (χ1) is 8.91. The Morgan fingerprint density at radius 3 is 2.68 bits per heavy atom. The van der Waals surface area contributed by atoms with Gasteiger partial charge in [0.05, 0.1) is 6.42 Å². The summed E-state index contributed by atoms with van der Waals surface area (Å²) in [5, 5.41) is 3.97. The van der Waals surface area contributed by atoms with Gasteiger partial charge in [-0.3, -0.25) is 4.79 Å². The maximum absolute atomic E-state index is 11.7. The van der Waals surface area contributed by atoms with Crippen LogP contribution in [0.5, 0.6) is 0 Å². The minimum absolute atomic E-state index is 0.113. The fraction of sp³-hybridized carbons (Fsp3) is 0.786. The third-order valence-electron chi connectivity index (χ3n) is 3.20. The smallest absolute Gasteiger partial charge is 0.234 e. The largest absolute Gasteiger partial charge is 0.370 e. The first-order valence-corrected chi connectivity index (χ1v) is 6.88. The van der Waals surface area contributed by atoms with E-state index < -0.39 is 0 Å². The molecule has 1 aromatic rings. The van der Waals surface area contributed by atoms with Crippen LogP contribution in [0.15, 0.2) is 4.52 Å². The van der Waals surface area contributed by atoms with Crippen molar-refractivity contribution >= 4 is 5.78 Å². The van der Waals surface area contributed by atoms with E-state index in [-0.39, 0.29) is 29.6 Å². The molecule has 0 aromatic carbocycles. The molecule has 0 bridgehead atoms. The molecule has 0 aliphatic heterocycles. The highest BCUT2D eigenvalue weighted by Crippen LogP contribution is 2.35. The normalized spacial score (nSPS) is 17.5. The molecule has 0 radical (unpaired) electrons. The second-order valence-electron chi connectivity index (χ2n) is 6.17. The first-order valence-electron chi connectivity index (χ1n) is 6.88. The molecule has 0 amide bonds. The van der Waals surface area contributed by atoms with E-state index in [4.69, 9.17) is 9.26 Å². The van der Waals surface area contributed by atoms with Gasteiger partial charge in [0, 0.05) is 12.5 Å². The van der Waals surface area contributed by atoms with Crippen molar-refractivity contribution in [2.24, 2.45) is 11.3 Å². The van der Waals surface area contributed by atoms with E-state index in [2.05, 4.69) is 30.9 Å². The maximum atomic E-state index is 11.7. The molecule has 19 heavy (non-hydrogen) atoms. The first kappa shape index (κ1) is 14.2. The van der Waals surface area contributed by atoms with Crippen LogP contribution in [-0.2, 0) is 16.0 Å². The zero-order valence-corrected chi connectivity index (χ0v) is 12.1. The summed E-state index contributed by atoms with van der Waals surface area (Å²) in [6.07, 6.45) is 2.04. The molecule has 0 saturated heterocycles. The van der Waals surface area contributed by atoms with Crippen molar-refractivity contribution < 1.29 is 14.1 Å². The Labute approximate surface area is 113 Å². The van der Waals surface area contributed by atoms with Crippen molar-refractivity contribution in [3.8, 4) is 0 Å². The molecule has 1 aromatic heterocycles. The highest BCUT2D eigenvalue weighted by molar-refractivity contribution is 5.84. The van der Waals surface area contributed by atoms with E-state index in [1.54, 1.807) is 0 Å². The molecule has 1 heterocycles. The number of aromatic nitrogens is 2. The summed E-state index contributed by atoms with van der Waals surface area (Å²) in [7, 11) is 0. The van der Waals surface area contributed by atoms with E-state index in [1.165, 1.54) is 0 Å². The summed E-state index contributed by atoms with van der Waals surface area (Å²) >= 11 is 0. The summed E-state index contributed by atoms with van der Waals surface area (Å²) in [6.45, 7) is 8.74. The van der Waals surface area contributed by atoms with Gasteiger partial charge in [-0.05, 0) is 25.2 Å². The van der Waals surface area contributed by atoms with Crippen molar-refractivity contribution in [1.82, 2.24) is 10.1 Å². The molecule has 5 heteroatoms. The molecule has 1 aliphatic rings. The number of hydrogen-bond acceptors (Lipinski definition) is 5. The second-order valence-corrected chi connectivity index (χ2v) is 6.17. The van der Waals surface area contributed by atoms with Gasteiger partial charge < -0.3 is 9.26 Å². The third kappa shape index (κ3) is 3.62. The molecule has 1 saturated carbocycles. The average molecular weight is 266 g/mol. The Hall–Kier alpha value is -1.23. The standard InChI is InChI=1S/C14H22N2O3/c1-5-18-12(14(2,3)4)13-15-11(19-16-13)8-10(17)9-6-7-9/h9,12H,5-8H2,1-4H3. The van der Waals surface area contributed by atoms with Gasteiger partial charge in [-0.1, -0.05) is 25.9 Å². The molecule has 1 aliphatic carbocycles. The summed E-state index contributed by atoms with van der Waals surface area (Å²) < 4.78 is 10.9. The van der Waals surface area contributed by atoms with Crippen LogP contribution < -0.4 is 0 Å². The molecular weight excluding hydrogens is 244 g/mol. The van der Waals surface area contributed by atoms with Gasteiger partial charge in [0.25, 0.3) is 0 Å².